The van der Waals surface area contributed by atoms with Gasteiger partial charge in [-0.2, -0.15) is 0 Å². The van der Waals surface area contributed by atoms with Gasteiger partial charge in [0.2, 0.25) is 5.91 Å². The summed E-state index contributed by atoms with van der Waals surface area (Å²) in [4.78, 5) is 27.4. The number of carbonyl (C=O) groups is 1. The highest BCUT2D eigenvalue weighted by Gasteiger charge is 2.25. The van der Waals surface area contributed by atoms with Crippen molar-refractivity contribution in [3.8, 4) is 0 Å². The Labute approximate surface area is 186 Å². The maximum atomic E-state index is 13.7. The average Bonchev–Trinajstić information content (AvgIpc) is 3.28. The summed E-state index contributed by atoms with van der Waals surface area (Å²) >= 11 is 1.62. The molecule has 1 saturated heterocycles. The van der Waals surface area contributed by atoms with Crippen molar-refractivity contribution in [3.63, 3.8) is 0 Å². The summed E-state index contributed by atoms with van der Waals surface area (Å²) in [5.41, 5.74) is 2.97. The minimum absolute atomic E-state index is 0.176. The van der Waals surface area contributed by atoms with Crippen LogP contribution in [0.15, 0.2) is 41.8 Å². The molecule has 31 heavy (non-hydrogen) atoms. The van der Waals surface area contributed by atoms with Crippen LogP contribution in [0.4, 0.5) is 10.2 Å². The van der Waals surface area contributed by atoms with E-state index < -0.39 is 0 Å². The van der Waals surface area contributed by atoms with Gasteiger partial charge < -0.3 is 9.80 Å². The SMILES string of the molecule is CCc1nc(C)nc(N2CCN(C(=O)Cc3cccs3)CC2)c1Cc1cccc(F)c1. The molecule has 3 heterocycles. The molecule has 0 spiro atoms. The Balaban J connectivity index is 1.52. The van der Waals surface area contributed by atoms with E-state index in [1.165, 1.54) is 6.07 Å². The molecule has 0 bridgehead atoms. The molecule has 0 aliphatic carbocycles. The molecule has 1 fully saturated rings. The van der Waals surface area contributed by atoms with E-state index in [2.05, 4.69) is 16.8 Å². The van der Waals surface area contributed by atoms with Gasteiger partial charge in [-0.1, -0.05) is 25.1 Å². The van der Waals surface area contributed by atoms with Gasteiger partial charge in [-0.15, -0.1) is 11.3 Å². The number of piperazine rings is 1. The number of anilines is 1. The van der Waals surface area contributed by atoms with Crippen molar-refractivity contribution in [1.82, 2.24) is 14.9 Å². The molecular weight excluding hydrogens is 411 g/mol. The molecule has 4 rings (SSSR count). The predicted octanol–water partition coefficient (Wildman–Crippen LogP) is 4.03. The van der Waals surface area contributed by atoms with Crippen LogP contribution in [0, 0.1) is 12.7 Å². The monoisotopic (exact) mass is 438 g/mol. The average molecular weight is 439 g/mol. The van der Waals surface area contributed by atoms with Crippen molar-refractivity contribution in [2.24, 2.45) is 0 Å². The number of amides is 1. The topological polar surface area (TPSA) is 49.3 Å². The van der Waals surface area contributed by atoms with Crippen LogP contribution in [0.2, 0.25) is 0 Å². The highest BCUT2D eigenvalue weighted by molar-refractivity contribution is 7.10. The van der Waals surface area contributed by atoms with Crippen LogP contribution in [0.25, 0.3) is 0 Å². The minimum Gasteiger partial charge on any atom is -0.353 e. The second-order valence-corrected chi connectivity index (χ2v) is 8.84. The molecular formula is C24H27FN4OS. The first kappa shape index (κ1) is 21.4. The molecule has 162 valence electrons. The molecule has 1 aliphatic heterocycles. The van der Waals surface area contributed by atoms with Gasteiger partial charge in [0.1, 0.15) is 17.5 Å². The number of thiophene rings is 1. The van der Waals surface area contributed by atoms with Crippen molar-refractivity contribution >= 4 is 23.1 Å². The third-order valence-corrected chi connectivity index (χ3v) is 6.50. The molecule has 0 radical (unpaired) electrons. The highest BCUT2D eigenvalue weighted by atomic mass is 32.1. The van der Waals surface area contributed by atoms with E-state index in [1.807, 2.05) is 35.4 Å². The standard InChI is InChI=1S/C24H27FN4OS/c1-3-22-21(15-18-6-4-7-19(25)14-18)24(27-17(2)26-22)29-11-9-28(10-12-29)23(30)16-20-8-5-13-31-20/h4-8,13-14H,3,9-12,15-16H2,1-2H3. The number of nitrogens with zero attached hydrogens (tertiary/aromatic N) is 4. The lowest BCUT2D eigenvalue weighted by Gasteiger charge is -2.36. The molecule has 7 heteroatoms. The number of aryl methyl sites for hydroxylation is 2. The van der Waals surface area contributed by atoms with Crippen LogP contribution in [0.1, 0.15) is 34.4 Å². The van der Waals surface area contributed by atoms with Crippen molar-refractivity contribution in [2.75, 3.05) is 31.1 Å². The molecule has 0 unspecified atom stereocenters. The Hall–Kier alpha value is -2.80. The number of hydrogen-bond acceptors (Lipinski definition) is 5. The third kappa shape index (κ3) is 5.10. The van der Waals surface area contributed by atoms with Gasteiger partial charge in [-0.05, 0) is 42.5 Å². The van der Waals surface area contributed by atoms with E-state index in [1.54, 1.807) is 23.5 Å². The Kier molecular flexibility index (Phi) is 6.61. The summed E-state index contributed by atoms with van der Waals surface area (Å²) < 4.78 is 13.7. The zero-order chi connectivity index (χ0) is 21.8. The summed E-state index contributed by atoms with van der Waals surface area (Å²) in [5.74, 6) is 1.60. The summed E-state index contributed by atoms with van der Waals surface area (Å²) in [6, 6.07) is 10.7. The van der Waals surface area contributed by atoms with E-state index in [0.717, 1.165) is 52.9 Å². The second-order valence-electron chi connectivity index (χ2n) is 7.80. The zero-order valence-electron chi connectivity index (χ0n) is 18.0. The summed E-state index contributed by atoms with van der Waals surface area (Å²) in [6.45, 7) is 6.80. The lowest BCUT2D eigenvalue weighted by Crippen LogP contribution is -2.49. The first-order chi connectivity index (χ1) is 15.0. The Bertz CT molecular complexity index is 1050. The van der Waals surface area contributed by atoms with Crippen LogP contribution in [0.3, 0.4) is 0 Å². The van der Waals surface area contributed by atoms with Gasteiger partial charge in [-0.3, -0.25) is 4.79 Å². The van der Waals surface area contributed by atoms with Gasteiger partial charge in [0, 0.05) is 48.7 Å². The van der Waals surface area contributed by atoms with E-state index in [4.69, 9.17) is 4.98 Å². The number of halogens is 1. The summed E-state index contributed by atoms with van der Waals surface area (Å²) in [6.07, 6.45) is 1.85. The van der Waals surface area contributed by atoms with Crippen molar-refractivity contribution < 1.29 is 9.18 Å². The summed E-state index contributed by atoms with van der Waals surface area (Å²) in [7, 11) is 0. The lowest BCUT2D eigenvalue weighted by atomic mass is 10.0. The van der Waals surface area contributed by atoms with Gasteiger partial charge in [-0.25, -0.2) is 14.4 Å². The molecule has 1 amide bonds. The maximum absolute atomic E-state index is 13.7. The minimum atomic E-state index is -0.233. The fourth-order valence-electron chi connectivity index (χ4n) is 4.07. The van der Waals surface area contributed by atoms with Gasteiger partial charge >= 0.3 is 0 Å². The fraction of sp³-hybridized carbons (Fsp3) is 0.375. The normalized spacial score (nSPS) is 14.2. The number of rotatable bonds is 6. The third-order valence-electron chi connectivity index (χ3n) is 5.63. The largest absolute Gasteiger partial charge is 0.353 e. The molecule has 5 nitrogen and oxygen atoms in total. The van der Waals surface area contributed by atoms with Crippen molar-refractivity contribution in [3.05, 3.63) is 75.1 Å². The van der Waals surface area contributed by atoms with Crippen LogP contribution in [-0.4, -0.2) is 47.0 Å². The first-order valence-electron chi connectivity index (χ1n) is 10.7. The zero-order valence-corrected chi connectivity index (χ0v) is 18.8. The van der Waals surface area contributed by atoms with E-state index in [-0.39, 0.29) is 11.7 Å². The van der Waals surface area contributed by atoms with Crippen molar-refractivity contribution in [2.45, 2.75) is 33.1 Å². The van der Waals surface area contributed by atoms with Gasteiger partial charge in [0.15, 0.2) is 0 Å². The van der Waals surface area contributed by atoms with Gasteiger partial charge in [0.05, 0.1) is 6.42 Å². The molecule has 0 atom stereocenters. The maximum Gasteiger partial charge on any atom is 0.227 e. The Morgan fingerprint density at radius 2 is 1.94 bits per heavy atom. The quantitative estimate of drug-likeness (QED) is 0.583. The predicted molar refractivity (Wildman–Crippen MR) is 122 cm³/mol. The molecule has 1 aliphatic rings. The van der Waals surface area contributed by atoms with Crippen LogP contribution in [-0.2, 0) is 24.1 Å². The number of aromatic nitrogens is 2. The number of hydrogen-bond donors (Lipinski definition) is 0. The van der Waals surface area contributed by atoms with E-state index in [0.29, 0.717) is 25.9 Å². The van der Waals surface area contributed by atoms with Crippen LogP contribution < -0.4 is 4.90 Å². The van der Waals surface area contributed by atoms with Crippen LogP contribution in [0.5, 0.6) is 0 Å². The molecule has 0 saturated carbocycles. The van der Waals surface area contributed by atoms with Crippen molar-refractivity contribution in [1.29, 1.82) is 0 Å². The smallest absolute Gasteiger partial charge is 0.227 e. The fourth-order valence-corrected chi connectivity index (χ4v) is 4.76. The molecule has 0 N–H and O–H groups in total. The molecule has 2 aromatic heterocycles. The second kappa shape index (κ2) is 9.56. The molecule has 3 aromatic rings. The number of benzene rings is 1. The Morgan fingerprint density at radius 3 is 2.61 bits per heavy atom. The lowest BCUT2D eigenvalue weighted by molar-refractivity contribution is -0.130. The van der Waals surface area contributed by atoms with E-state index in [9.17, 15) is 9.18 Å². The van der Waals surface area contributed by atoms with Crippen LogP contribution >= 0.6 is 11.3 Å². The first-order valence-corrected chi connectivity index (χ1v) is 11.6. The highest BCUT2D eigenvalue weighted by Crippen LogP contribution is 2.26. The summed E-state index contributed by atoms with van der Waals surface area (Å²) in [5, 5.41) is 2.00. The molecule has 1 aromatic carbocycles. The number of carbonyl (C=O) groups excluding carboxylic acids is 1. The van der Waals surface area contributed by atoms with Gasteiger partial charge in [0.25, 0.3) is 0 Å². The Morgan fingerprint density at radius 1 is 1.13 bits per heavy atom. The van der Waals surface area contributed by atoms with E-state index >= 15 is 0 Å².